The van der Waals surface area contributed by atoms with Gasteiger partial charge in [-0.3, -0.25) is 0 Å². The quantitative estimate of drug-likeness (QED) is 0.479. The maximum atomic E-state index is 11.3. The van der Waals surface area contributed by atoms with Crippen molar-refractivity contribution in [1.29, 1.82) is 0 Å². The van der Waals surface area contributed by atoms with Crippen molar-refractivity contribution >= 4 is 5.97 Å². The van der Waals surface area contributed by atoms with Crippen LogP contribution in [0.15, 0.2) is 30.3 Å². The molecular weight excluding hydrogens is 452 g/mol. The van der Waals surface area contributed by atoms with E-state index in [2.05, 4.69) is 0 Å². The van der Waals surface area contributed by atoms with Crippen LogP contribution in [-0.4, -0.2) is 77.9 Å². The molecule has 2 aromatic carbocycles. The second-order valence-electron chi connectivity index (χ2n) is 8.23. The van der Waals surface area contributed by atoms with Crippen molar-refractivity contribution in [2.75, 3.05) is 20.8 Å². The number of carboxylic acids is 1. The molecule has 5 rings (SSSR count). The largest absolute Gasteiger partial charge is 0.493 e. The Kier molecular flexibility index (Phi) is 5.64. The number of aliphatic hydroxyl groups is 3. The summed E-state index contributed by atoms with van der Waals surface area (Å²) in [7, 11) is 3.10. The number of aliphatic hydroxyl groups excluding tert-OH is 3. The number of methoxy groups -OCH3 is 2. The molecule has 0 bridgehead atoms. The highest BCUT2D eigenvalue weighted by molar-refractivity contribution is 5.73. The zero-order chi connectivity index (χ0) is 24.1. The van der Waals surface area contributed by atoms with E-state index in [-0.39, 0.29) is 17.8 Å². The first-order chi connectivity index (χ1) is 16.3. The summed E-state index contributed by atoms with van der Waals surface area (Å²) in [6.07, 6.45) is -8.83. The number of hydrogen-bond acceptors (Lipinski definition) is 10. The Morgan fingerprint density at radius 2 is 1.76 bits per heavy atom. The molecule has 34 heavy (non-hydrogen) atoms. The lowest BCUT2D eigenvalue weighted by molar-refractivity contribution is -0.271. The molecule has 1 saturated heterocycles. The van der Waals surface area contributed by atoms with Crippen LogP contribution in [-0.2, 0) is 9.53 Å². The van der Waals surface area contributed by atoms with Crippen molar-refractivity contribution in [3.05, 3.63) is 41.5 Å². The van der Waals surface area contributed by atoms with Gasteiger partial charge in [-0.05, 0) is 18.2 Å². The van der Waals surface area contributed by atoms with Crippen LogP contribution in [0.2, 0.25) is 0 Å². The van der Waals surface area contributed by atoms with Gasteiger partial charge in [0.1, 0.15) is 35.9 Å². The zero-order valence-electron chi connectivity index (χ0n) is 18.3. The average Bonchev–Trinajstić information content (AvgIpc) is 3.22. The van der Waals surface area contributed by atoms with Crippen LogP contribution in [0, 0.1) is 0 Å². The Hall–Kier alpha value is -3.25. The van der Waals surface area contributed by atoms with Crippen LogP contribution in [0.5, 0.6) is 28.7 Å². The van der Waals surface area contributed by atoms with Crippen LogP contribution < -0.4 is 23.7 Å². The molecule has 0 radical (unpaired) electrons. The fourth-order valence-electron chi connectivity index (χ4n) is 4.57. The highest BCUT2D eigenvalue weighted by atomic mass is 16.7. The standard InChI is InChI=1S/C23H24O11/c1-29-13-6-5-10-12-8-31-14-7-9(3-4-11(14)18(12)33-19(10)20(13)30-2)32-23-17(26)15(24)16(25)21(34-23)22(27)28/h3-7,12,15-18,21,23-26H,8H2,1-2H3,(H,27,28)/t12-,15-,16-,17+,18-,21-,23+/m0/s1. The fraction of sp³-hybridized carbons (Fsp3) is 0.435. The normalized spacial score (nSPS) is 31.3. The Morgan fingerprint density at radius 3 is 2.47 bits per heavy atom. The second-order valence-corrected chi connectivity index (χ2v) is 8.23. The summed E-state index contributed by atoms with van der Waals surface area (Å²) in [5, 5.41) is 39.2. The van der Waals surface area contributed by atoms with Crippen molar-refractivity contribution in [3.63, 3.8) is 0 Å². The lowest BCUT2D eigenvalue weighted by atomic mass is 9.89. The first-order valence-electron chi connectivity index (χ1n) is 10.6. The Morgan fingerprint density at radius 1 is 1.00 bits per heavy atom. The molecule has 2 aromatic rings. The van der Waals surface area contributed by atoms with Crippen LogP contribution >= 0.6 is 0 Å². The van der Waals surface area contributed by atoms with Gasteiger partial charge < -0.3 is 48.8 Å². The van der Waals surface area contributed by atoms with Crippen molar-refractivity contribution < 1.29 is 53.6 Å². The molecule has 3 aliphatic rings. The molecule has 3 aliphatic heterocycles. The van der Waals surface area contributed by atoms with Gasteiger partial charge >= 0.3 is 5.97 Å². The molecule has 0 aliphatic carbocycles. The summed E-state index contributed by atoms with van der Waals surface area (Å²) in [6, 6.07) is 8.65. The first kappa shape index (κ1) is 22.5. The summed E-state index contributed by atoms with van der Waals surface area (Å²) < 4.78 is 33.9. The van der Waals surface area contributed by atoms with Crippen molar-refractivity contribution in [2.45, 2.75) is 42.7 Å². The van der Waals surface area contributed by atoms with Gasteiger partial charge in [0.25, 0.3) is 0 Å². The molecule has 0 saturated carbocycles. The minimum Gasteiger partial charge on any atom is -0.493 e. The monoisotopic (exact) mass is 476 g/mol. The Balaban J connectivity index is 1.39. The number of aliphatic carboxylic acids is 1. The maximum absolute atomic E-state index is 11.3. The van der Waals surface area contributed by atoms with E-state index >= 15 is 0 Å². The third-order valence-corrected chi connectivity index (χ3v) is 6.32. The SMILES string of the molecule is COc1ccc2c(c1OC)O[C@H]1c3ccc(O[C@@H]4O[C@H](C(=O)O)[C@@H](O)[C@H](O)[C@H]4O)cc3OC[C@@H]21. The predicted molar refractivity (Wildman–Crippen MR) is 113 cm³/mol. The summed E-state index contributed by atoms with van der Waals surface area (Å²) in [6.45, 7) is 0.331. The van der Waals surface area contributed by atoms with Gasteiger partial charge in [-0.15, -0.1) is 0 Å². The topological polar surface area (TPSA) is 153 Å². The van der Waals surface area contributed by atoms with E-state index in [1.54, 1.807) is 32.4 Å². The molecule has 4 N–H and O–H groups in total. The molecule has 182 valence electrons. The van der Waals surface area contributed by atoms with Crippen LogP contribution in [0.4, 0.5) is 0 Å². The van der Waals surface area contributed by atoms with Gasteiger partial charge in [-0.1, -0.05) is 6.07 Å². The van der Waals surface area contributed by atoms with Crippen LogP contribution in [0.25, 0.3) is 0 Å². The van der Waals surface area contributed by atoms with Crippen molar-refractivity contribution in [1.82, 2.24) is 0 Å². The third kappa shape index (κ3) is 3.48. The Bertz CT molecular complexity index is 1100. The van der Waals surface area contributed by atoms with Gasteiger partial charge in [0.2, 0.25) is 12.0 Å². The molecule has 0 amide bonds. The van der Waals surface area contributed by atoms with E-state index in [9.17, 15) is 25.2 Å². The lowest BCUT2D eigenvalue weighted by Crippen LogP contribution is -2.61. The van der Waals surface area contributed by atoms with Crippen molar-refractivity contribution in [3.8, 4) is 28.7 Å². The average molecular weight is 476 g/mol. The minimum atomic E-state index is -1.80. The molecule has 7 atom stereocenters. The fourth-order valence-corrected chi connectivity index (χ4v) is 4.57. The zero-order valence-corrected chi connectivity index (χ0v) is 18.3. The molecular formula is C23H24O11. The number of carboxylic acid groups (broad SMARTS) is 1. The van der Waals surface area contributed by atoms with Gasteiger partial charge in [0, 0.05) is 17.2 Å². The van der Waals surface area contributed by atoms with E-state index in [1.807, 2.05) is 12.1 Å². The van der Waals surface area contributed by atoms with Gasteiger partial charge in [-0.25, -0.2) is 4.79 Å². The summed E-state index contributed by atoms with van der Waals surface area (Å²) in [4.78, 5) is 11.3. The highest BCUT2D eigenvalue weighted by Crippen LogP contribution is 2.56. The smallest absolute Gasteiger partial charge is 0.335 e. The van der Waals surface area contributed by atoms with Crippen molar-refractivity contribution in [2.24, 2.45) is 0 Å². The number of ether oxygens (including phenoxy) is 6. The highest BCUT2D eigenvalue weighted by Gasteiger charge is 2.48. The molecule has 0 unspecified atom stereocenters. The van der Waals surface area contributed by atoms with E-state index in [0.717, 1.165) is 11.1 Å². The number of carbonyl (C=O) groups is 1. The third-order valence-electron chi connectivity index (χ3n) is 6.32. The summed E-state index contributed by atoms with van der Waals surface area (Å²) >= 11 is 0. The summed E-state index contributed by atoms with van der Waals surface area (Å²) in [5.74, 6) is 0.805. The minimum absolute atomic E-state index is 0.0643. The molecule has 11 heteroatoms. The van der Waals surface area contributed by atoms with E-state index in [0.29, 0.717) is 29.6 Å². The van der Waals surface area contributed by atoms with Gasteiger partial charge in [-0.2, -0.15) is 0 Å². The number of rotatable bonds is 5. The van der Waals surface area contributed by atoms with Gasteiger partial charge in [0.05, 0.1) is 26.7 Å². The lowest BCUT2D eigenvalue weighted by Gasteiger charge is -2.38. The number of hydrogen-bond donors (Lipinski definition) is 4. The molecule has 0 aromatic heterocycles. The van der Waals surface area contributed by atoms with E-state index < -0.39 is 36.7 Å². The molecule has 3 heterocycles. The molecule has 11 nitrogen and oxygen atoms in total. The number of benzene rings is 2. The van der Waals surface area contributed by atoms with E-state index in [4.69, 9.17) is 28.4 Å². The second kappa shape index (κ2) is 8.51. The van der Waals surface area contributed by atoms with E-state index in [1.165, 1.54) is 0 Å². The predicted octanol–water partition coefficient (Wildman–Crippen LogP) is 0.584. The number of fused-ring (bicyclic) bond motifs is 5. The molecule has 0 spiro atoms. The Labute approximate surface area is 194 Å². The van der Waals surface area contributed by atoms with Crippen LogP contribution in [0.1, 0.15) is 23.1 Å². The van der Waals surface area contributed by atoms with Crippen LogP contribution in [0.3, 0.4) is 0 Å². The molecule has 1 fully saturated rings. The summed E-state index contributed by atoms with van der Waals surface area (Å²) in [5.41, 5.74) is 1.71. The van der Waals surface area contributed by atoms with Gasteiger partial charge in [0.15, 0.2) is 17.6 Å². The first-order valence-corrected chi connectivity index (χ1v) is 10.6. The maximum Gasteiger partial charge on any atom is 0.335 e.